The molecule has 0 aromatic heterocycles. The lowest BCUT2D eigenvalue weighted by molar-refractivity contribution is 0.170. The van der Waals surface area contributed by atoms with E-state index < -0.39 is 11.3 Å². The molecule has 2 aliphatic rings. The SMILES string of the molecule is CC(C)(C)[C@@H]1CC=C2C(C#N)=C(N)C(C#N)(C#N)[C@@H](c3ccccc3Cl)[C@H]2C1. The molecule has 3 atom stereocenters. The number of nitriles is 3. The van der Waals surface area contributed by atoms with E-state index in [0.29, 0.717) is 10.9 Å². The minimum absolute atomic E-state index is 0.0432. The Bertz CT molecular complexity index is 977. The van der Waals surface area contributed by atoms with Crippen LogP contribution in [0.5, 0.6) is 0 Å². The van der Waals surface area contributed by atoms with Crippen molar-refractivity contribution in [2.75, 3.05) is 0 Å². The number of halogens is 1. The Morgan fingerprint density at radius 1 is 1.14 bits per heavy atom. The van der Waals surface area contributed by atoms with Gasteiger partial charge in [0.2, 0.25) is 0 Å². The van der Waals surface area contributed by atoms with Crippen LogP contribution in [0.25, 0.3) is 0 Å². The van der Waals surface area contributed by atoms with Crippen LogP contribution < -0.4 is 5.73 Å². The van der Waals surface area contributed by atoms with Crippen LogP contribution in [0.3, 0.4) is 0 Å². The monoisotopic (exact) mass is 390 g/mol. The number of hydrogen-bond acceptors (Lipinski definition) is 4. The fraction of sp³-hybridized carbons (Fsp3) is 0.435. The predicted octanol–water partition coefficient (Wildman–Crippen LogP) is 5.21. The lowest BCUT2D eigenvalue weighted by atomic mass is 9.54. The molecule has 0 spiro atoms. The summed E-state index contributed by atoms with van der Waals surface area (Å²) in [7, 11) is 0. The molecule has 142 valence electrons. The van der Waals surface area contributed by atoms with Crippen LogP contribution >= 0.6 is 11.6 Å². The normalized spacial score (nSPS) is 26.3. The number of nitrogens with two attached hydrogens (primary N) is 1. The van der Waals surface area contributed by atoms with E-state index in [1.54, 1.807) is 6.07 Å². The number of fused-ring (bicyclic) bond motifs is 1. The summed E-state index contributed by atoms with van der Waals surface area (Å²) < 4.78 is 0. The number of hydrogen-bond donors (Lipinski definition) is 1. The van der Waals surface area contributed by atoms with Gasteiger partial charge in [0.25, 0.3) is 0 Å². The third-order valence-corrected chi connectivity index (χ3v) is 6.69. The van der Waals surface area contributed by atoms with Gasteiger partial charge in [-0.2, -0.15) is 15.8 Å². The van der Waals surface area contributed by atoms with Gasteiger partial charge in [-0.25, -0.2) is 0 Å². The molecule has 3 rings (SSSR count). The molecular weight excluding hydrogens is 368 g/mol. The first-order valence-electron chi connectivity index (χ1n) is 9.39. The molecule has 5 heteroatoms. The number of rotatable bonds is 1. The summed E-state index contributed by atoms with van der Waals surface area (Å²) in [5, 5.41) is 30.5. The van der Waals surface area contributed by atoms with Crippen molar-refractivity contribution < 1.29 is 0 Å². The molecule has 0 amide bonds. The Morgan fingerprint density at radius 3 is 2.32 bits per heavy atom. The third-order valence-electron chi connectivity index (χ3n) is 6.34. The number of benzene rings is 1. The minimum atomic E-state index is -1.63. The van der Waals surface area contributed by atoms with Gasteiger partial charge in [0.15, 0.2) is 5.41 Å². The Morgan fingerprint density at radius 2 is 1.79 bits per heavy atom. The molecule has 0 saturated carbocycles. The van der Waals surface area contributed by atoms with Crippen molar-refractivity contribution in [2.24, 2.45) is 28.4 Å². The van der Waals surface area contributed by atoms with Gasteiger partial charge in [-0.3, -0.25) is 0 Å². The van der Waals surface area contributed by atoms with Crippen LogP contribution in [-0.2, 0) is 0 Å². The molecule has 0 saturated heterocycles. The van der Waals surface area contributed by atoms with Gasteiger partial charge < -0.3 is 5.73 Å². The van der Waals surface area contributed by atoms with Crippen molar-refractivity contribution >= 4 is 11.6 Å². The highest BCUT2D eigenvalue weighted by atomic mass is 35.5. The summed E-state index contributed by atoms with van der Waals surface area (Å²) >= 11 is 6.51. The van der Waals surface area contributed by atoms with Crippen LogP contribution in [-0.4, -0.2) is 0 Å². The maximum absolute atomic E-state index is 10.1. The molecule has 0 unspecified atom stereocenters. The smallest absolute Gasteiger partial charge is 0.191 e. The lowest BCUT2D eigenvalue weighted by Crippen LogP contribution is -2.44. The van der Waals surface area contributed by atoms with Gasteiger partial charge in [0.05, 0.1) is 23.4 Å². The van der Waals surface area contributed by atoms with Gasteiger partial charge >= 0.3 is 0 Å². The van der Waals surface area contributed by atoms with Gasteiger partial charge in [-0.1, -0.05) is 56.6 Å². The molecular formula is C23H23ClN4. The first-order chi connectivity index (χ1) is 13.2. The molecule has 2 N–H and O–H groups in total. The maximum Gasteiger partial charge on any atom is 0.191 e. The first kappa shape index (κ1) is 20.0. The molecule has 2 aliphatic carbocycles. The Labute approximate surface area is 171 Å². The summed E-state index contributed by atoms with van der Waals surface area (Å²) in [5.74, 6) is -0.329. The second-order valence-electron chi connectivity index (χ2n) is 8.73. The summed E-state index contributed by atoms with van der Waals surface area (Å²) in [4.78, 5) is 0. The standard InChI is InChI=1S/C23H23ClN4/c1-22(2,3)14-8-9-15-17(10-14)20(16-6-4-5-7-19(16)24)23(12-26,13-27)21(28)18(15)11-25/h4-7,9,14,17,20H,8,10,28H2,1-3H3/t14-,17+,20+/m1/s1. The van der Waals surface area contributed by atoms with Crippen molar-refractivity contribution in [1.82, 2.24) is 0 Å². The van der Waals surface area contributed by atoms with Crippen molar-refractivity contribution in [3.63, 3.8) is 0 Å². The largest absolute Gasteiger partial charge is 0.399 e. The second kappa shape index (κ2) is 7.01. The molecule has 0 radical (unpaired) electrons. The van der Waals surface area contributed by atoms with Crippen molar-refractivity contribution in [1.29, 1.82) is 15.8 Å². The third kappa shape index (κ3) is 2.88. The Hall–Kier alpha value is -2.74. The highest BCUT2D eigenvalue weighted by molar-refractivity contribution is 6.31. The summed E-state index contributed by atoms with van der Waals surface area (Å²) in [6, 6.07) is 13.8. The van der Waals surface area contributed by atoms with Crippen molar-refractivity contribution in [3.8, 4) is 18.2 Å². The quantitative estimate of drug-likeness (QED) is 0.711. The van der Waals surface area contributed by atoms with Gasteiger partial charge in [0.1, 0.15) is 6.07 Å². The van der Waals surface area contributed by atoms with E-state index in [1.165, 1.54) is 0 Å². The zero-order chi connectivity index (χ0) is 20.7. The summed E-state index contributed by atoms with van der Waals surface area (Å²) in [6.07, 6.45) is 3.70. The van der Waals surface area contributed by atoms with Gasteiger partial charge in [-0.15, -0.1) is 0 Å². The van der Waals surface area contributed by atoms with E-state index in [4.69, 9.17) is 17.3 Å². The van der Waals surface area contributed by atoms with E-state index in [0.717, 1.165) is 24.0 Å². The maximum atomic E-state index is 10.1. The van der Waals surface area contributed by atoms with Crippen LogP contribution in [0.4, 0.5) is 0 Å². The molecule has 28 heavy (non-hydrogen) atoms. The summed E-state index contributed by atoms with van der Waals surface area (Å²) in [6.45, 7) is 6.59. The van der Waals surface area contributed by atoms with Crippen LogP contribution in [0.1, 0.15) is 45.1 Å². The molecule has 1 aromatic rings. The fourth-order valence-electron chi connectivity index (χ4n) is 4.67. The molecule has 4 nitrogen and oxygen atoms in total. The summed E-state index contributed by atoms with van der Waals surface area (Å²) in [5.41, 5.74) is 6.67. The molecule has 0 heterocycles. The molecule has 0 aliphatic heterocycles. The average molecular weight is 391 g/mol. The zero-order valence-electron chi connectivity index (χ0n) is 16.3. The Kier molecular flexibility index (Phi) is 5.01. The Balaban J connectivity index is 2.33. The van der Waals surface area contributed by atoms with E-state index in [-0.39, 0.29) is 22.6 Å². The van der Waals surface area contributed by atoms with Crippen LogP contribution in [0.2, 0.25) is 5.02 Å². The van der Waals surface area contributed by atoms with Gasteiger partial charge in [-0.05, 0) is 47.3 Å². The predicted molar refractivity (Wildman–Crippen MR) is 108 cm³/mol. The fourth-order valence-corrected chi connectivity index (χ4v) is 4.92. The molecule has 0 bridgehead atoms. The highest BCUT2D eigenvalue weighted by Crippen LogP contribution is 2.58. The van der Waals surface area contributed by atoms with Crippen molar-refractivity contribution in [3.05, 3.63) is 57.8 Å². The molecule has 1 aromatic carbocycles. The molecule has 0 fully saturated rings. The van der Waals surface area contributed by atoms with E-state index in [2.05, 4.69) is 45.1 Å². The van der Waals surface area contributed by atoms with Gasteiger partial charge in [0, 0.05) is 10.9 Å². The second-order valence-corrected chi connectivity index (χ2v) is 9.14. The minimum Gasteiger partial charge on any atom is -0.399 e. The van der Waals surface area contributed by atoms with E-state index >= 15 is 0 Å². The highest BCUT2D eigenvalue weighted by Gasteiger charge is 2.55. The topological polar surface area (TPSA) is 97.4 Å². The van der Waals surface area contributed by atoms with Crippen LogP contribution in [0, 0.1) is 56.7 Å². The average Bonchev–Trinajstić information content (AvgIpc) is 2.67. The van der Waals surface area contributed by atoms with Crippen LogP contribution in [0.15, 0.2) is 47.2 Å². The zero-order valence-corrected chi connectivity index (χ0v) is 17.1. The first-order valence-corrected chi connectivity index (χ1v) is 9.76. The lowest BCUT2D eigenvalue weighted by Gasteiger charge is -2.47. The number of nitrogens with zero attached hydrogens (tertiary/aromatic N) is 3. The van der Waals surface area contributed by atoms with Crippen molar-refractivity contribution in [2.45, 2.75) is 39.5 Å². The van der Waals surface area contributed by atoms with E-state index in [9.17, 15) is 15.8 Å². The number of allylic oxidation sites excluding steroid dienone is 4. The van der Waals surface area contributed by atoms with E-state index in [1.807, 2.05) is 18.2 Å².